The fourth-order valence-corrected chi connectivity index (χ4v) is 1.73. The first-order valence-corrected chi connectivity index (χ1v) is 6.11. The molecule has 0 fully saturated rings. The highest BCUT2D eigenvalue weighted by Gasteiger charge is 2.15. The monoisotopic (exact) mass is 291 g/mol. The van der Waals surface area contributed by atoms with Crippen molar-refractivity contribution in [2.24, 2.45) is 0 Å². The summed E-state index contributed by atoms with van der Waals surface area (Å²) in [6, 6.07) is 4.12. The molecule has 0 bridgehead atoms. The molecule has 1 amide bonds. The van der Waals surface area contributed by atoms with Gasteiger partial charge in [0, 0.05) is 31.6 Å². The highest BCUT2D eigenvalue weighted by Crippen LogP contribution is 2.24. The van der Waals surface area contributed by atoms with Gasteiger partial charge in [-0.05, 0) is 12.1 Å². The third kappa shape index (κ3) is 3.53. The molecule has 0 atom stereocenters. The van der Waals surface area contributed by atoms with Crippen molar-refractivity contribution in [2.75, 3.05) is 18.9 Å². The third-order valence-corrected chi connectivity index (χ3v) is 2.76. The quantitative estimate of drug-likeness (QED) is 0.600. The number of rotatable bonds is 6. The van der Waals surface area contributed by atoms with E-state index in [4.69, 9.17) is 4.52 Å². The van der Waals surface area contributed by atoms with Crippen LogP contribution >= 0.6 is 0 Å². The Hall–Kier alpha value is -2.97. The number of hydrogen-bond donors (Lipinski definition) is 2. The van der Waals surface area contributed by atoms with Gasteiger partial charge in [0.25, 0.3) is 11.6 Å². The molecule has 21 heavy (non-hydrogen) atoms. The number of aromatic nitrogens is 2. The Morgan fingerprint density at radius 3 is 2.90 bits per heavy atom. The van der Waals surface area contributed by atoms with Crippen molar-refractivity contribution in [3.8, 4) is 0 Å². The van der Waals surface area contributed by atoms with E-state index in [0.29, 0.717) is 24.4 Å². The smallest absolute Gasteiger partial charge is 0.292 e. The van der Waals surface area contributed by atoms with Crippen LogP contribution in [0.4, 0.5) is 11.4 Å². The van der Waals surface area contributed by atoms with Gasteiger partial charge in [-0.25, -0.2) is 0 Å². The van der Waals surface area contributed by atoms with Crippen LogP contribution in [0.5, 0.6) is 0 Å². The summed E-state index contributed by atoms with van der Waals surface area (Å²) in [7, 11) is 1.56. The van der Waals surface area contributed by atoms with Crippen molar-refractivity contribution in [3.05, 3.63) is 46.1 Å². The van der Waals surface area contributed by atoms with Crippen LogP contribution in [0.2, 0.25) is 0 Å². The second-order valence-corrected chi connectivity index (χ2v) is 4.08. The van der Waals surface area contributed by atoms with Gasteiger partial charge < -0.3 is 15.2 Å². The topological polar surface area (TPSA) is 123 Å². The molecule has 2 aromatic rings. The van der Waals surface area contributed by atoms with Gasteiger partial charge in [0.2, 0.25) is 5.89 Å². The second kappa shape index (κ2) is 6.46. The fraction of sp³-hybridized carbons (Fsp3) is 0.250. The molecule has 0 saturated heterocycles. The van der Waals surface area contributed by atoms with Crippen LogP contribution in [-0.4, -0.2) is 34.6 Å². The molecule has 0 spiro atoms. The first-order valence-electron chi connectivity index (χ1n) is 6.11. The number of carbonyl (C=O) groups excluding carboxylic acids is 1. The van der Waals surface area contributed by atoms with E-state index in [2.05, 4.69) is 20.8 Å². The number of amides is 1. The molecule has 1 heterocycles. The van der Waals surface area contributed by atoms with Crippen molar-refractivity contribution < 1.29 is 14.2 Å². The molecule has 0 unspecified atom stereocenters. The minimum atomic E-state index is -0.511. The average Bonchev–Trinajstić information content (AvgIpc) is 2.99. The van der Waals surface area contributed by atoms with Gasteiger partial charge in [-0.1, -0.05) is 5.16 Å². The van der Waals surface area contributed by atoms with Gasteiger partial charge in [0.05, 0.1) is 4.92 Å². The molecule has 9 heteroatoms. The molecule has 0 radical (unpaired) electrons. The normalized spacial score (nSPS) is 10.1. The summed E-state index contributed by atoms with van der Waals surface area (Å²) in [6.07, 6.45) is 1.70. The lowest BCUT2D eigenvalue weighted by atomic mass is 10.1. The molecule has 110 valence electrons. The summed E-state index contributed by atoms with van der Waals surface area (Å²) < 4.78 is 4.80. The first kappa shape index (κ1) is 14.4. The van der Waals surface area contributed by atoms with Gasteiger partial charge >= 0.3 is 0 Å². The Bertz CT molecular complexity index is 641. The Morgan fingerprint density at radius 2 is 2.29 bits per heavy atom. The van der Waals surface area contributed by atoms with Crippen molar-refractivity contribution in [1.82, 2.24) is 15.5 Å². The van der Waals surface area contributed by atoms with Crippen LogP contribution in [0, 0.1) is 10.1 Å². The maximum absolute atomic E-state index is 11.9. The number of benzene rings is 1. The molecule has 0 aliphatic heterocycles. The molecular weight excluding hydrogens is 278 g/mol. The van der Waals surface area contributed by atoms with E-state index in [9.17, 15) is 14.9 Å². The highest BCUT2D eigenvalue weighted by molar-refractivity contribution is 5.95. The number of hydrogen-bond acceptors (Lipinski definition) is 7. The number of nitro benzene ring substituents is 1. The Labute approximate surface area is 119 Å². The minimum absolute atomic E-state index is 0.0834. The van der Waals surface area contributed by atoms with E-state index in [1.165, 1.54) is 24.5 Å². The van der Waals surface area contributed by atoms with Gasteiger partial charge in [-0.15, -0.1) is 0 Å². The third-order valence-electron chi connectivity index (χ3n) is 2.76. The Balaban J connectivity index is 2.00. The van der Waals surface area contributed by atoms with E-state index in [1.54, 1.807) is 7.05 Å². The molecule has 0 saturated carbocycles. The van der Waals surface area contributed by atoms with Gasteiger partial charge in [0.1, 0.15) is 5.69 Å². The molecule has 0 aliphatic rings. The number of nitro groups is 1. The lowest BCUT2D eigenvalue weighted by Gasteiger charge is -2.06. The van der Waals surface area contributed by atoms with Crippen LogP contribution in [0.3, 0.4) is 0 Å². The summed E-state index contributed by atoms with van der Waals surface area (Å²) in [5, 5.41) is 19.6. The van der Waals surface area contributed by atoms with E-state index < -0.39 is 4.92 Å². The van der Waals surface area contributed by atoms with E-state index in [0.717, 1.165) is 0 Å². The first-order chi connectivity index (χ1) is 10.1. The SMILES string of the molecule is CNc1cc(C(=O)NCCc2ncno2)ccc1[N+](=O)[O-]. The van der Waals surface area contributed by atoms with E-state index in [1.807, 2.05) is 0 Å². The van der Waals surface area contributed by atoms with Crippen molar-refractivity contribution >= 4 is 17.3 Å². The number of nitrogens with zero attached hydrogens (tertiary/aromatic N) is 3. The van der Waals surface area contributed by atoms with Gasteiger partial charge in [0.15, 0.2) is 6.33 Å². The minimum Gasteiger partial charge on any atom is -0.383 e. The fourth-order valence-electron chi connectivity index (χ4n) is 1.73. The lowest BCUT2D eigenvalue weighted by molar-refractivity contribution is -0.383. The summed E-state index contributed by atoms with van der Waals surface area (Å²) >= 11 is 0. The summed E-state index contributed by atoms with van der Waals surface area (Å²) in [6.45, 7) is 0.326. The van der Waals surface area contributed by atoms with E-state index >= 15 is 0 Å². The highest BCUT2D eigenvalue weighted by atomic mass is 16.6. The molecule has 2 N–H and O–H groups in total. The summed E-state index contributed by atoms with van der Waals surface area (Å²) in [5.74, 6) is 0.0934. The van der Waals surface area contributed by atoms with Gasteiger partial charge in [-0.2, -0.15) is 4.98 Å². The van der Waals surface area contributed by atoms with Crippen molar-refractivity contribution in [3.63, 3.8) is 0 Å². The molecule has 1 aromatic carbocycles. The largest absolute Gasteiger partial charge is 0.383 e. The van der Waals surface area contributed by atoms with Crippen LogP contribution < -0.4 is 10.6 Å². The number of nitrogens with one attached hydrogen (secondary N) is 2. The molecular formula is C12H13N5O4. The maximum atomic E-state index is 11.9. The summed E-state index contributed by atoms with van der Waals surface area (Å²) in [4.78, 5) is 26.1. The van der Waals surface area contributed by atoms with E-state index in [-0.39, 0.29) is 17.3 Å². The Morgan fingerprint density at radius 1 is 1.48 bits per heavy atom. The van der Waals surface area contributed by atoms with Crippen molar-refractivity contribution in [1.29, 1.82) is 0 Å². The van der Waals surface area contributed by atoms with Gasteiger partial charge in [-0.3, -0.25) is 14.9 Å². The average molecular weight is 291 g/mol. The maximum Gasteiger partial charge on any atom is 0.292 e. The van der Waals surface area contributed by atoms with Crippen LogP contribution in [0.1, 0.15) is 16.2 Å². The second-order valence-electron chi connectivity index (χ2n) is 4.08. The van der Waals surface area contributed by atoms with Crippen LogP contribution in [-0.2, 0) is 6.42 Å². The summed E-state index contributed by atoms with van der Waals surface area (Å²) in [5.41, 5.74) is 0.528. The zero-order chi connectivity index (χ0) is 15.2. The van der Waals surface area contributed by atoms with Crippen LogP contribution in [0.15, 0.2) is 29.0 Å². The molecule has 2 rings (SSSR count). The molecule has 0 aliphatic carbocycles. The zero-order valence-corrected chi connectivity index (χ0v) is 11.2. The standard InChI is InChI=1S/C12H13N5O4/c1-13-9-6-8(2-3-10(9)17(19)20)12(18)14-5-4-11-15-7-16-21-11/h2-3,6-7,13H,4-5H2,1H3,(H,14,18). The molecule has 1 aromatic heterocycles. The molecule has 9 nitrogen and oxygen atoms in total. The van der Waals surface area contributed by atoms with Crippen LogP contribution in [0.25, 0.3) is 0 Å². The van der Waals surface area contributed by atoms with Crippen molar-refractivity contribution in [2.45, 2.75) is 6.42 Å². The Kier molecular flexibility index (Phi) is 4.44. The predicted molar refractivity (Wildman–Crippen MR) is 73.0 cm³/mol. The number of anilines is 1. The lowest BCUT2D eigenvalue weighted by Crippen LogP contribution is -2.25. The zero-order valence-electron chi connectivity index (χ0n) is 11.2. The predicted octanol–water partition coefficient (Wildman–Crippen LogP) is 0.992. The number of carbonyl (C=O) groups is 1.